The maximum atomic E-state index is 6.24. The van der Waals surface area contributed by atoms with E-state index < -0.39 is 0 Å². The lowest BCUT2D eigenvalue weighted by Crippen LogP contribution is -2.08. The first kappa shape index (κ1) is 15.9. The molecule has 7 nitrogen and oxygen atoms in total. The molecule has 4 N–H and O–H groups in total. The molecule has 0 aliphatic rings. The van der Waals surface area contributed by atoms with Gasteiger partial charge in [0.25, 0.3) is 0 Å². The molecule has 0 saturated heterocycles. The van der Waals surface area contributed by atoms with Crippen LogP contribution >= 0.6 is 0 Å². The van der Waals surface area contributed by atoms with E-state index in [1.807, 2.05) is 49.4 Å². The summed E-state index contributed by atoms with van der Waals surface area (Å²) in [6, 6.07) is 13.7. The third kappa shape index (κ3) is 3.14. The summed E-state index contributed by atoms with van der Waals surface area (Å²) in [5.74, 6) is 1.87. The summed E-state index contributed by atoms with van der Waals surface area (Å²) < 4.78 is 5.31. The molecule has 130 valence electrons. The van der Waals surface area contributed by atoms with Crippen molar-refractivity contribution in [1.82, 2.24) is 15.0 Å². The van der Waals surface area contributed by atoms with Gasteiger partial charge in [-0.05, 0) is 31.2 Å². The number of furan rings is 1. The van der Waals surface area contributed by atoms with Crippen molar-refractivity contribution in [2.24, 2.45) is 0 Å². The van der Waals surface area contributed by atoms with Crippen LogP contribution in [-0.2, 0) is 6.54 Å². The third-order valence-corrected chi connectivity index (χ3v) is 4.01. The molecule has 26 heavy (non-hydrogen) atoms. The van der Waals surface area contributed by atoms with Crippen molar-refractivity contribution in [1.29, 1.82) is 0 Å². The molecule has 0 bridgehead atoms. The number of pyridine rings is 1. The molecule has 7 heteroatoms. The molecule has 0 amide bonds. The van der Waals surface area contributed by atoms with Gasteiger partial charge in [0.05, 0.1) is 24.0 Å². The summed E-state index contributed by atoms with van der Waals surface area (Å²) >= 11 is 0. The Hall–Kier alpha value is -3.61. The van der Waals surface area contributed by atoms with Crippen molar-refractivity contribution in [2.75, 3.05) is 16.4 Å². The summed E-state index contributed by atoms with van der Waals surface area (Å²) in [4.78, 5) is 13.1. The number of rotatable bonds is 5. The zero-order valence-electron chi connectivity index (χ0n) is 14.2. The Morgan fingerprint density at radius 2 is 1.92 bits per heavy atom. The number of aromatic nitrogens is 3. The highest BCUT2D eigenvalue weighted by atomic mass is 16.3. The number of nitrogens with one attached hydrogen (secondary N) is 2. The van der Waals surface area contributed by atoms with E-state index in [-0.39, 0.29) is 0 Å². The van der Waals surface area contributed by atoms with E-state index in [9.17, 15) is 0 Å². The number of nitrogens with two attached hydrogens (primary N) is 1. The van der Waals surface area contributed by atoms with Gasteiger partial charge in [0.15, 0.2) is 11.6 Å². The van der Waals surface area contributed by atoms with Gasteiger partial charge in [-0.15, -0.1) is 0 Å². The highest BCUT2D eigenvalue weighted by Crippen LogP contribution is 2.29. The topological polar surface area (TPSA) is 102 Å². The van der Waals surface area contributed by atoms with Gasteiger partial charge in [-0.2, -0.15) is 0 Å². The first-order valence-electron chi connectivity index (χ1n) is 8.21. The van der Waals surface area contributed by atoms with Gasteiger partial charge in [-0.25, -0.2) is 9.97 Å². The molecule has 3 aromatic heterocycles. The molecule has 4 aromatic rings. The van der Waals surface area contributed by atoms with Crippen LogP contribution in [0.5, 0.6) is 0 Å². The molecule has 0 spiro atoms. The van der Waals surface area contributed by atoms with Crippen molar-refractivity contribution in [3.05, 3.63) is 66.5 Å². The SMILES string of the molecule is Cc1ccc2cccc(Nc3ncnc(NCc4ccco4)c3N)c2n1. The third-order valence-electron chi connectivity index (χ3n) is 4.01. The molecule has 0 radical (unpaired) electrons. The summed E-state index contributed by atoms with van der Waals surface area (Å²) in [6.07, 6.45) is 3.09. The van der Waals surface area contributed by atoms with E-state index in [4.69, 9.17) is 10.2 Å². The fourth-order valence-electron chi connectivity index (χ4n) is 2.69. The van der Waals surface area contributed by atoms with E-state index in [2.05, 4.69) is 25.6 Å². The van der Waals surface area contributed by atoms with Crippen LogP contribution in [0.3, 0.4) is 0 Å². The predicted octanol–water partition coefficient (Wildman–Crippen LogP) is 3.86. The number of fused-ring (bicyclic) bond motifs is 1. The van der Waals surface area contributed by atoms with Crippen LogP contribution in [0.2, 0.25) is 0 Å². The maximum Gasteiger partial charge on any atom is 0.159 e. The smallest absolute Gasteiger partial charge is 0.159 e. The molecule has 0 unspecified atom stereocenters. The minimum absolute atomic E-state index is 0.434. The molecular formula is C19H18N6O. The molecule has 0 aliphatic carbocycles. The van der Waals surface area contributed by atoms with Crippen molar-refractivity contribution < 1.29 is 4.42 Å². The van der Waals surface area contributed by atoms with Crippen molar-refractivity contribution in [2.45, 2.75) is 13.5 Å². The van der Waals surface area contributed by atoms with Gasteiger partial charge in [-0.1, -0.05) is 18.2 Å². The average Bonchev–Trinajstić information content (AvgIpc) is 3.16. The Morgan fingerprint density at radius 3 is 2.77 bits per heavy atom. The van der Waals surface area contributed by atoms with Crippen molar-refractivity contribution >= 4 is 33.9 Å². The van der Waals surface area contributed by atoms with Crippen LogP contribution in [0.25, 0.3) is 10.9 Å². The molecule has 0 fully saturated rings. The van der Waals surface area contributed by atoms with Crippen LogP contribution in [0, 0.1) is 6.92 Å². The molecule has 0 atom stereocenters. The fourth-order valence-corrected chi connectivity index (χ4v) is 2.69. The van der Waals surface area contributed by atoms with E-state index in [1.165, 1.54) is 6.33 Å². The second-order valence-corrected chi connectivity index (χ2v) is 5.87. The lowest BCUT2D eigenvalue weighted by atomic mass is 10.1. The van der Waals surface area contributed by atoms with Gasteiger partial charge in [0, 0.05) is 11.1 Å². The monoisotopic (exact) mass is 346 g/mol. The minimum Gasteiger partial charge on any atom is -0.467 e. The standard InChI is InChI=1S/C19H18N6O/c1-12-7-8-13-4-2-6-15(17(13)24-12)25-19-16(20)18(22-11-23-19)21-10-14-5-3-9-26-14/h2-9,11H,10,20H2,1H3,(H2,21,22,23,25). The Labute approximate surface area is 150 Å². The molecular weight excluding hydrogens is 328 g/mol. The quantitative estimate of drug-likeness (QED) is 0.504. The molecule has 3 heterocycles. The van der Waals surface area contributed by atoms with Gasteiger partial charge in [0.2, 0.25) is 0 Å². The van der Waals surface area contributed by atoms with Gasteiger partial charge >= 0.3 is 0 Å². The van der Waals surface area contributed by atoms with Crippen molar-refractivity contribution in [3.63, 3.8) is 0 Å². The van der Waals surface area contributed by atoms with Crippen LogP contribution in [-0.4, -0.2) is 15.0 Å². The lowest BCUT2D eigenvalue weighted by molar-refractivity contribution is 0.518. The number of nitrogen functional groups attached to an aromatic ring is 1. The Kier molecular flexibility index (Phi) is 4.10. The van der Waals surface area contributed by atoms with Crippen LogP contribution in [0.1, 0.15) is 11.5 Å². The second kappa shape index (κ2) is 6.72. The van der Waals surface area contributed by atoms with Crippen LogP contribution in [0.4, 0.5) is 23.0 Å². The normalized spacial score (nSPS) is 10.8. The fraction of sp³-hybridized carbons (Fsp3) is 0.105. The van der Waals surface area contributed by atoms with E-state index >= 15 is 0 Å². The number of nitrogens with zero attached hydrogens (tertiary/aromatic N) is 3. The Morgan fingerprint density at radius 1 is 1.04 bits per heavy atom. The number of hydrogen-bond acceptors (Lipinski definition) is 7. The summed E-state index contributed by atoms with van der Waals surface area (Å²) in [5, 5.41) is 7.48. The predicted molar refractivity (Wildman–Crippen MR) is 102 cm³/mol. The van der Waals surface area contributed by atoms with Gasteiger partial charge in [-0.3, -0.25) is 4.98 Å². The van der Waals surface area contributed by atoms with E-state index in [0.717, 1.165) is 28.0 Å². The summed E-state index contributed by atoms with van der Waals surface area (Å²) in [6.45, 7) is 2.45. The highest BCUT2D eigenvalue weighted by Gasteiger charge is 2.11. The van der Waals surface area contributed by atoms with Crippen molar-refractivity contribution in [3.8, 4) is 0 Å². The summed E-state index contributed by atoms with van der Waals surface area (Å²) in [7, 11) is 0. The Balaban J connectivity index is 1.63. The molecule has 0 aliphatic heterocycles. The van der Waals surface area contributed by atoms with Crippen LogP contribution in [0.15, 0.2) is 59.5 Å². The average molecular weight is 346 g/mol. The highest BCUT2D eigenvalue weighted by molar-refractivity contribution is 5.93. The zero-order valence-corrected chi connectivity index (χ0v) is 14.2. The molecule has 1 aromatic carbocycles. The number of benzene rings is 1. The number of para-hydroxylation sites is 1. The molecule has 0 saturated carbocycles. The number of anilines is 4. The van der Waals surface area contributed by atoms with E-state index in [0.29, 0.717) is 23.9 Å². The summed E-state index contributed by atoms with van der Waals surface area (Å²) in [5.41, 5.74) is 9.34. The molecule has 4 rings (SSSR count). The van der Waals surface area contributed by atoms with Gasteiger partial charge in [0.1, 0.15) is 17.8 Å². The number of hydrogen-bond donors (Lipinski definition) is 3. The first-order valence-corrected chi connectivity index (χ1v) is 8.21. The second-order valence-electron chi connectivity index (χ2n) is 5.87. The number of aryl methyl sites for hydroxylation is 1. The minimum atomic E-state index is 0.434. The van der Waals surface area contributed by atoms with E-state index in [1.54, 1.807) is 6.26 Å². The zero-order chi connectivity index (χ0) is 17.9. The largest absolute Gasteiger partial charge is 0.467 e. The first-order chi connectivity index (χ1) is 12.7. The lowest BCUT2D eigenvalue weighted by Gasteiger charge is -2.13. The maximum absolute atomic E-state index is 6.24. The Bertz CT molecular complexity index is 1050. The van der Waals surface area contributed by atoms with Gasteiger partial charge < -0.3 is 20.8 Å². The van der Waals surface area contributed by atoms with Crippen LogP contribution < -0.4 is 16.4 Å².